The zero-order valence-electron chi connectivity index (χ0n) is 21.9. The Morgan fingerprint density at radius 1 is 1.13 bits per heavy atom. The lowest BCUT2D eigenvalue weighted by Crippen LogP contribution is -2.46. The van der Waals surface area contributed by atoms with Gasteiger partial charge >= 0.3 is 0 Å². The Balaban J connectivity index is 1.36. The van der Waals surface area contributed by atoms with Crippen molar-refractivity contribution in [2.24, 2.45) is 0 Å². The SMILES string of the molecule is CCc1nn2c(C)cc(N3CCN(c4cocn4)CC3)cc2c1N(C)c1nc(-c2ccc(F)cc2)c(C#N)s1. The van der Waals surface area contributed by atoms with Crippen molar-refractivity contribution in [2.45, 2.75) is 20.3 Å². The molecule has 0 amide bonds. The largest absolute Gasteiger partial charge is 0.449 e. The first-order valence-electron chi connectivity index (χ1n) is 12.8. The van der Waals surface area contributed by atoms with Crippen molar-refractivity contribution in [1.82, 2.24) is 19.6 Å². The number of fused-ring (bicyclic) bond motifs is 1. The number of aryl methyl sites for hydroxylation is 2. The van der Waals surface area contributed by atoms with Gasteiger partial charge in [-0.15, -0.1) is 0 Å². The van der Waals surface area contributed by atoms with Gasteiger partial charge in [-0.1, -0.05) is 18.3 Å². The lowest BCUT2D eigenvalue weighted by molar-refractivity contribution is 0.556. The number of pyridine rings is 1. The van der Waals surface area contributed by atoms with E-state index in [1.54, 1.807) is 18.4 Å². The highest BCUT2D eigenvalue weighted by atomic mass is 32.1. The van der Waals surface area contributed by atoms with E-state index in [1.165, 1.54) is 29.9 Å². The number of anilines is 4. The molecule has 9 nitrogen and oxygen atoms in total. The van der Waals surface area contributed by atoms with Crippen LogP contribution < -0.4 is 14.7 Å². The van der Waals surface area contributed by atoms with Crippen LogP contribution in [0.4, 0.5) is 26.7 Å². The van der Waals surface area contributed by atoms with Crippen LogP contribution in [0.2, 0.25) is 0 Å². The van der Waals surface area contributed by atoms with E-state index in [9.17, 15) is 9.65 Å². The predicted molar refractivity (Wildman–Crippen MR) is 151 cm³/mol. The van der Waals surface area contributed by atoms with Crippen LogP contribution in [-0.4, -0.2) is 52.8 Å². The molecule has 0 N–H and O–H groups in total. The first-order chi connectivity index (χ1) is 19.0. The van der Waals surface area contributed by atoms with Gasteiger partial charge in [-0.2, -0.15) is 15.3 Å². The van der Waals surface area contributed by atoms with Gasteiger partial charge in [0.15, 0.2) is 17.3 Å². The van der Waals surface area contributed by atoms with E-state index in [-0.39, 0.29) is 5.82 Å². The minimum Gasteiger partial charge on any atom is -0.449 e. The molecule has 0 saturated carbocycles. The molecule has 0 spiro atoms. The van der Waals surface area contributed by atoms with Crippen LogP contribution >= 0.6 is 11.3 Å². The topological polar surface area (TPSA) is 89.7 Å². The van der Waals surface area contributed by atoms with Gasteiger partial charge in [-0.05, 0) is 49.7 Å². The van der Waals surface area contributed by atoms with E-state index in [0.29, 0.717) is 21.3 Å². The molecule has 1 aliphatic heterocycles. The molecule has 1 fully saturated rings. The smallest absolute Gasteiger partial charge is 0.191 e. The normalized spacial score (nSPS) is 13.7. The molecule has 5 heterocycles. The van der Waals surface area contributed by atoms with Crippen molar-refractivity contribution in [3.8, 4) is 17.3 Å². The second-order valence-corrected chi connectivity index (χ2v) is 10.5. The Morgan fingerprint density at radius 3 is 2.54 bits per heavy atom. The van der Waals surface area contributed by atoms with Gasteiger partial charge in [0.1, 0.15) is 28.7 Å². The highest BCUT2D eigenvalue weighted by Gasteiger charge is 2.25. The Morgan fingerprint density at radius 2 is 1.87 bits per heavy atom. The molecule has 198 valence electrons. The van der Waals surface area contributed by atoms with E-state index in [0.717, 1.165) is 66.7 Å². The molecule has 5 aromatic rings. The van der Waals surface area contributed by atoms with Crippen LogP contribution in [0.1, 0.15) is 23.2 Å². The Hall–Kier alpha value is -4.43. The maximum atomic E-state index is 13.5. The van der Waals surface area contributed by atoms with Crippen molar-refractivity contribution < 1.29 is 8.81 Å². The van der Waals surface area contributed by atoms with Crippen molar-refractivity contribution in [1.29, 1.82) is 5.26 Å². The lowest BCUT2D eigenvalue weighted by atomic mass is 10.1. The van der Waals surface area contributed by atoms with Gasteiger partial charge in [0.2, 0.25) is 0 Å². The molecule has 6 rings (SSSR count). The first-order valence-corrected chi connectivity index (χ1v) is 13.6. The van der Waals surface area contributed by atoms with Crippen LogP contribution in [0.15, 0.2) is 53.5 Å². The van der Waals surface area contributed by atoms with Crippen molar-refractivity contribution in [3.63, 3.8) is 0 Å². The lowest BCUT2D eigenvalue weighted by Gasteiger charge is -2.36. The summed E-state index contributed by atoms with van der Waals surface area (Å²) in [6.07, 6.45) is 3.89. The molecule has 0 aliphatic carbocycles. The molecule has 1 saturated heterocycles. The van der Waals surface area contributed by atoms with Gasteiger partial charge in [-0.3, -0.25) is 0 Å². The molecule has 0 atom stereocenters. The summed E-state index contributed by atoms with van der Waals surface area (Å²) in [7, 11) is 1.96. The quantitative estimate of drug-likeness (QED) is 0.281. The van der Waals surface area contributed by atoms with E-state index in [1.807, 2.05) is 16.5 Å². The van der Waals surface area contributed by atoms with Crippen LogP contribution in [-0.2, 0) is 6.42 Å². The number of oxazole rings is 1. The number of aromatic nitrogens is 4. The summed E-state index contributed by atoms with van der Waals surface area (Å²) >= 11 is 1.32. The summed E-state index contributed by atoms with van der Waals surface area (Å²) in [5, 5.41) is 15.4. The predicted octanol–water partition coefficient (Wildman–Crippen LogP) is 5.42. The van der Waals surface area contributed by atoms with Gasteiger partial charge in [0, 0.05) is 50.2 Å². The zero-order valence-corrected chi connectivity index (χ0v) is 22.7. The molecule has 11 heteroatoms. The molecule has 4 aromatic heterocycles. The van der Waals surface area contributed by atoms with Gasteiger partial charge in [0.05, 0.1) is 16.9 Å². The Bertz CT molecular complexity index is 1660. The summed E-state index contributed by atoms with van der Waals surface area (Å²) < 4.78 is 20.6. The first kappa shape index (κ1) is 24.9. The minimum absolute atomic E-state index is 0.325. The number of hydrogen-bond donors (Lipinski definition) is 0. The number of thiazole rings is 1. The highest BCUT2D eigenvalue weighted by Crippen LogP contribution is 2.39. The fourth-order valence-corrected chi connectivity index (χ4v) is 5.95. The molecule has 0 unspecified atom stereocenters. The van der Waals surface area contributed by atoms with Crippen molar-refractivity contribution in [2.75, 3.05) is 47.9 Å². The standard InChI is InChI=1S/C28H27FN8OS/c1-4-22-27(34(3)28-32-26(24(15-30)39-28)19-5-7-20(29)8-6-19)23-14-21(13-18(2)37(23)33-22)35-9-11-36(12-10-35)25-16-38-17-31-25/h5-8,13-14,16-17H,4,9-12H2,1-3H3. The number of hydrogen-bond acceptors (Lipinski definition) is 9. The average Bonchev–Trinajstić information content (AvgIpc) is 3.72. The number of nitrogens with zero attached hydrogens (tertiary/aromatic N) is 8. The van der Waals surface area contributed by atoms with Crippen molar-refractivity contribution >= 4 is 39.2 Å². The Kier molecular flexibility index (Phi) is 6.40. The van der Waals surface area contributed by atoms with Gasteiger partial charge < -0.3 is 19.1 Å². The molecule has 1 aromatic carbocycles. The van der Waals surface area contributed by atoms with Crippen LogP contribution in [0.25, 0.3) is 16.8 Å². The molecule has 0 radical (unpaired) electrons. The molecular weight excluding hydrogens is 515 g/mol. The molecule has 0 bridgehead atoms. The fraction of sp³-hybridized carbons (Fsp3) is 0.286. The molecule has 1 aliphatic rings. The second-order valence-electron chi connectivity index (χ2n) is 9.47. The van der Waals surface area contributed by atoms with Crippen molar-refractivity contribution in [3.05, 3.63) is 71.1 Å². The van der Waals surface area contributed by atoms with E-state index in [2.05, 4.69) is 46.8 Å². The Labute approximate surface area is 229 Å². The zero-order chi connectivity index (χ0) is 27.1. The van der Waals surface area contributed by atoms with Crippen LogP contribution in [0.5, 0.6) is 0 Å². The number of benzene rings is 1. The highest BCUT2D eigenvalue weighted by molar-refractivity contribution is 7.16. The number of piperazine rings is 1. The van der Waals surface area contributed by atoms with Gasteiger partial charge in [0.25, 0.3) is 0 Å². The molecule has 39 heavy (non-hydrogen) atoms. The van der Waals surface area contributed by atoms with Crippen LogP contribution in [0, 0.1) is 24.1 Å². The van der Waals surface area contributed by atoms with E-state index < -0.39 is 0 Å². The molecular formula is C28H27FN8OS. The number of halogens is 1. The maximum Gasteiger partial charge on any atom is 0.191 e. The number of nitriles is 1. The third-order valence-electron chi connectivity index (χ3n) is 7.12. The third kappa shape index (κ3) is 4.46. The third-order valence-corrected chi connectivity index (χ3v) is 8.16. The van der Waals surface area contributed by atoms with E-state index >= 15 is 0 Å². The van der Waals surface area contributed by atoms with Gasteiger partial charge in [-0.25, -0.2) is 13.9 Å². The summed E-state index contributed by atoms with van der Waals surface area (Å²) in [5.74, 6) is 0.545. The minimum atomic E-state index is -0.325. The average molecular weight is 543 g/mol. The van der Waals surface area contributed by atoms with Crippen LogP contribution in [0.3, 0.4) is 0 Å². The second kappa shape index (κ2) is 10.0. The summed E-state index contributed by atoms with van der Waals surface area (Å²) in [4.78, 5) is 16.2. The summed E-state index contributed by atoms with van der Waals surface area (Å²) in [6.45, 7) is 7.59. The fourth-order valence-electron chi connectivity index (χ4n) is 5.09. The maximum absolute atomic E-state index is 13.5. The monoisotopic (exact) mass is 542 g/mol. The summed E-state index contributed by atoms with van der Waals surface area (Å²) in [5.41, 5.74) is 6.35. The van der Waals surface area contributed by atoms with E-state index in [4.69, 9.17) is 14.5 Å². The summed E-state index contributed by atoms with van der Waals surface area (Å²) in [6, 6.07) is 12.7. The number of rotatable bonds is 6.